The minimum absolute atomic E-state index is 0.102. The van der Waals surface area contributed by atoms with Crippen LogP contribution in [0.25, 0.3) is 0 Å². The Morgan fingerprint density at radius 3 is 2.48 bits per heavy atom. The molecule has 6 heteroatoms. The molecule has 2 rings (SSSR count). The van der Waals surface area contributed by atoms with Crippen LogP contribution in [0.15, 0.2) is 53.4 Å². The molecular weight excluding hydrogens is 291 g/mol. The first kappa shape index (κ1) is 15.5. The lowest BCUT2D eigenvalue weighted by Crippen LogP contribution is -2.34. The van der Waals surface area contributed by atoms with Crippen molar-refractivity contribution >= 4 is 15.7 Å². The third-order valence-corrected chi connectivity index (χ3v) is 4.67. The summed E-state index contributed by atoms with van der Waals surface area (Å²) in [4.78, 5) is -0.108. The summed E-state index contributed by atoms with van der Waals surface area (Å²) in [6, 6.07) is 12.5. The molecule has 0 aliphatic heterocycles. The molecule has 2 aromatic carbocycles. The standard InChI is InChI=1S/C15H17FN2O2S/c1-11(9-12-5-3-2-4-6-12)18-21(19,20)15-8-7-13(16)10-14(15)17/h2-8,10-11,18H,9,17H2,1H3. The van der Waals surface area contributed by atoms with Crippen LogP contribution in [0.1, 0.15) is 12.5 Å². The summed E-state index contributed by atoms with van der Waals surface area (Å²) in [5, 5.41) is 0. The topological polar surface area (TPSA) is 72.2 Å². The summed E-state index contributed by atoms with van der Waals surface area (Å²) in [6.07, 6.45) is 0.557. The Kier molecular flexibility index (Phi) is 4.59. The highest BCUT2D eigenvalue weighted by Crippen LogP contribution is 2.19. The largest absolute Gasteiger partial charge is 0.398 e. The fourth-order valence-electron chi connectivity index (χ4n) is 2.10. The van der Waals surface area contributed by atoms with Crippen LogP contribution in [-0.2, 0) is 16.4 Å². The zero-order valence-electron chi connectivity index (χ0n) is 11.6. The molecule has 21 heavy (non-hydrogen) atoms. The molecule has 0 spiro atoms. The van der Waals surface area contributed by atoms with Gasteiger partial charge in [0.05, 0.1) is 5.69 Å². The third kappa shape index (κ3) is 4.03. The van der Waals surface area contributed by atoms with Gasteiger partial charge in [0.25, 0.3) is 0 Å². The van der Waals surface area contributed by atoms with Crippen LogP contribution >= 0.6 is 0 Å². The first-order valence-electron chi connectivity index (χ1n) is 6.50. The highest BCUT2D eigenvalue weighted by Gasteiger charge is 2.20. The van der Waals surface area contributed by atoms with Crippen LogP contribution in [0.5, 0.6) is 0 Å². The van der Waals surface area contributed by atoms with Gasteiger partial charge in [-0.3, -0.25) is 0 Å². The number of sulfonamides is 1. The van der Waals surface area contributed by atoms with E-state index in [0.717, 1.165) is 17.7 Å². The second-order valence-corrected chi connectivity index (χ2v) is 6.58. The summed E-state index contributed by atoms with van der Waals surface area (Å²) in [7, 11) is -3.77. The number of halogens is 1. The van der Waals surface area contributed by atoms with E-state index >= 15 is 0 Å². The normalized spacial score (nSPS) is 13.0. The number of nitrogens with two attached hydrogens (primary N) is 1. The molecular formula is C15H17FN2O2S. The molecule has 1 atom stereocenters. The fourth-order valence-corrected chi connectivity index (χ4v) is 3.46. The van der Waals surface area contributed by atoms with Crippen molar-refractivity contribution in [1.29, 1.82) is 0 Å². The number of anilines is 1. The van der Waals surface area contributed by atoms with Gasteiger partial charge in [-0.15, -0.1) is 0 Å². The number of hydrogen-bond donors (Lipinski definition) is 2. The summed E-state index contributed by atoms with van der Waals surface area (Å²) in [5.41, 5.74) is 6.50. The number of nitrogen functional groups attached to an aromatic ring is 1. The molecule has 3 N–H and O–H groups in total. The number of rotatable bonds is 5. The minimum Gasteiger partial charge on any atom is -0.398 e. The molecule has 0 fully saturated rings. The molecule has 2 aromatic rings. The van der Waals surface area contributed by atoms with Crippen molar-refractivity contribution in [3.05, 3.63) is 59.9 Å². The molecule has 0 aliphatic rings. The van der Waals surface area contributed by atoms with Crippen molar-refractivity contribution in [3.8, 4) is 0 Å². The van der Waals surface area contributed by atoms with E-state index in [1.54, 1.807) is 6.92 Å². The van der Waals surface area contributed by atoms with Gasteiger partial charge in [-0.05, 0) is 37.1 Å². The zero-order chi connectivity index (χ0) is 15.5. The van der Waals surface area contributed by atoms with Crippen LogP contribution in [-0.4, -0.2) is 14.5 Å². The summed E-state index contributed by atoms with van der Waals surface area (Å²) >= 11 is 0. The summed E-state index contributed by atoms with van der Waals surface area (Å²) < 4.78 is 40.0. The molecule has 0 aliphatic carbocycles. The summed E-state index contributed by atoms with van der Waals surface area (Å²) in [5.74, 6) is -0.566. The van der Waals surface area contributed by atoms with E-state index in [9.17, 15) is 12.8 Å². The first-order chi connectivity index (χ1) is 9.88. The molecule has 0 aromatic heterocycles. The quantitative estimate of drug-likeness (QED) is 0.833. The van der Waals surface area contributed by atoms with Crippen molar-refractivity contribution in [3.63, 3.8) is 0 Å². The maximum absolute atomic E-state index is 13.0. The molecule has 112 valence electrons. The van der Waals surface area contributed by atoms with Crippen molar-refractivity contribution in [1.82, 2.24) is 4.72 Å². The van der Waals surface area contributed by atoms with Crippen LogP contribution in [0, 0.1) is 5.82 Å². The van der Waals surface area contributed by atoms with Crippen molar-refractivity contribution in [2.45, 2.75) is 24.3 Å². The molecule has 0 amide bonds. The Balaban J connectivity index is 2.13. The Bertz CT molecular complexity index is 718. The number of benzene rings is 2. The molecule has 0 saturated heterocycles. The molecule has 0 bridgehead atoms. The van der Waals surface area contributed by atoms with E-state index in [0.29, 0.717) is 6.42 Å². The Morgan fingerprint density at radius 1 is 1.19 bits per heavy atom. The second-order valence-electron chi connectivity index (χ2n) is 4.89. The maximum Gasteiger partial charge on any atom is 0.242 e. The number of nitrogens with one attached hydrogen (secondary N) is 1. The third-order valence-electron chi connectivity index (χ3n) is 3.00. The van der Waals surface area contributed by atoms with E-state index in [2.05, 4.69) is 4.72 Å². The van der Waals surface area contributed by atoms with Crippen molar-refractivity contribution in [2.75, 3.05) is 5.73 Å². The van der Waals surface area contributed by atoms with Crippen LogP contribution in [0.3, 0.4) is 0 Å². The fraction of sp³-hybridized carbons (Fsp3) is 0.200. The smallest absolute Gasteiger partial charge is 0.242 e. The van der Waals surface area contributed by atoms with Gasteiger partial charge in [0.2, 0.25) is 10.0 Å². The lowest BCUT2D eigenvalue weighted by atomic mass is 10.1. The van der Waals surface area contributed by atoms with Crippen LogP contribution < -0.4 is 10.5 Å². The second kappa shape index (κ2) is 6.24. The highest BCUT2D eigenvalue weighted by molar-refractivity contribution is 7.89. The highest BCUT2D eigenvalue weighted by atomic mass is 32.2. The van der Waals surface area contributed by atoms with E-state index in [1.807, 2.05) is 30.3 Å². The van der Waals surface area contributed by atoms with Crippen LogP contribution in [0.4, 0.5) is 10.1 Å². The lowest BCUT2D eigenvalue weighted by Gasteiger charge is -2.15. The molecule has 4 nitrogen and oxygen atoms in total. The van der Waals surface area contributed by atoms with Gasteiger partial charge in [0.1, 0.15) is 10.7 Å². The predicted molar refractivity (Wildman–Crippen MR) is 80.7 cm³/mol. The molecule has 0 radical (unpaired) electrons. The Hall–Kier alpha value is -1.92. The average Bonchev–Trinajstić information content (AvgIpc) is 2.38. The zero-order valence-corrected chi connectivity index (χ0v) is 12.4. The number of hydrogen-bond acceptors (Lipinski definition) is 3. The van der Waals surface area contributed by atoms with E-state index < -0.39 is 15.8 Å². The van der Waals surface area contributed by atoms with Crippen LogP contribution in [0.2, 0.25) is 0 Å². The SMILES string of the molecule is CC(Cc1ccccc1)NS(=O)(=O)c1ccc(F)cc1N. The molecule has 1 unspecified atom stereocenters. The predicted octanol–water partition coefficient (Wildman–Crippen LogP) is 2.32. The van der Waals surface area contributed by atoms with Gasteiger partial charge < -0.3 is 5.73 Å². The van der Waals surface area contributed by atoms with Gasteiger partial charge in [-0.1, -0.05) is 30.3 Å². The van der Waals surface area contributed by atoms with Gasteiger partial charge in [-0.25, -0.2) is 17.5 Å². The average molecular weight is 308 g/mol. The van der Waals surface area contributed by atoms with Gasteiger partial charge in [-0.2, -0.15) is 0 Å². The minimum atomic E-state index is -3.77. The first-order valence-corrected chi connectivity index (χ1v) is 7.98. The molecule has 0 heterocycles. The maximum atomic E-state index is 13.0. The van der Waals surface area contributed by atoms with Gasteiger partial charge >= 0.3 is 0 Å². The Morgan fingerprint density at radius 2 is 1.86 bits per heavy atom. The molecule has 0 saturated carbocycles. The summed E-state index contributed by atoms with van der Waals surface area (Å²) in [6.45, 7) is 1.77. The van der Waals surface area contributed by atoms with Gasteiger partial charge in [0.15, 0.2) is 0 Å². The van der Waals surface area contributed by atoms with Crippen molar-refractivity contribution < 1.29 is 12.8 Å². The lowest BCUT2D eigenvalue weighted by molar-refractivity contribution is 0.559. The van der Waals surface area contributed by atoms with Gasteiger partial charge in [0, 0.05) is 6.04 Å². The van der Waals surface area contributed by atoms with E-state index in [1.165, 1.54) is 6.07 Å². The van der Waals surface area contributed by atoms with Crippen molar-refractivity contribution in [2.24, 2.45) is 0 Å². The Labute approximate surface area is 123 Å². The monoisotopic (exact) mass is 308 g/mol. The van der Waals surface area contributed by atoms with E-state index in [4.69, 9.17) is 5.73 Å². The van der Waals surface area contributed by atoms with E-state index in [-0.39, 0.29) is 16.6 Å².